The van der Waals surface area contributed by atoms with Gasteiger partial charge in [-0.05, 0) is 39.2 Å². The fraction of sp³-hybridized carbons (Fsp3) is 1.00. The van der Waals surface area contributed by atoms with Gasteiger partial charge in [-0.2, -0.15) is 0 Å². The van der Waals surface area contributed by atoms with E-state index in [0.717, 1.165) is 19.4 Å². The van der Waals surface area contributed by atoms with Crippen molar-refractivity contribution < 1.29 is 5.11 Å². The highest BCUT2D eigenvalue weighted by molar-refractivity contribution is 4.83. The molecule has 2 N–H and O–H groups in total. The van der Waals surface area contributed by atoms with Crippen molar-refractivity contribution in [3.63, 3.8) is 0 Å². The van der Waals surface area contributed by atoms with Crippen LogP contribution in [0.15, 0.2) is 0 Å². The van der Waals surface area contributed by atoms with Crippen molar-refractivity contribution in [3.8, 4) is 0 Å². The molecule has 2 heteroatoms. The average Bonchev–Trinajstić information content (AvgIpc) is 2.45. The van der Waals surface area contributed by atoms with E-state index in [2.05, 4.69) is 26.1 Å². The summed E-state index contributed by atoms with van der Waals surface area (Å²) in [4.78, 5) is 0. The molecule has 0 aliphatic heterocycles. The summed E-state index contributed by atoms with van der Waals surface area (Å²) >= 11 is 0. The maximum atomic E-state index is 8.87. The number of aliphatic hydroxyl groups excluding tert-OH is 1. The number of unbranched alkanes of at least 4 members (excludes halogenated alkanes) is 7. The van der Waals surface area contributed by atoms with Crippen LogP contribution in [0.5, 0.6) is 0 Å². The lowest BCUT2D eigenvalue weighted by atomic mass is 9.88. The molecule has 122 valence electrons. The summed E-state index contributed by atoms with van der Waals surface area (Å²) in [6.45, 7) is 8.34. The Hall–Kier alpha value is -0.0800. The largest absolute Gasteiger partial charge is 0.396 e. The van der Waals surface area contributed by atoms with Gasteiger partial charge < -0.3 is 10.4 Å². The first-order chi connectivity index (χ1) is 9.68. The molecule has 0 bridgehead atoms. The molecule has 0 heterocycles. The summed E-state index contributed by atoms with van der Waals surface area (Å²) in [7, 11) is 0. The van der Waals surface area contributed by atoms with Gasteiger partial charge in [0.1, 0.15) is 0 Å². The molecule has 20 heavy (non-hydrogen) atoms. The molecular formula is C18H39NO. The predicted octanol–water partition coefficient (Wildman–Crippen LogP) is 5.05. The predicted molar refractivity (Wildman–Crippen MR) is 90.2 cm³/mol. The minimum atomic E-state index is 0.316. The highest BCUT2D eigenvalue weighted by Gasteiger charge is 2.21. The molecule has 0 unspecified atom stereocenters. The van der Waals surface area contributed by atoms with E-state index in [0.29, 0.717) is 12.1 Å². The molecule has 0 aliphatic carbocycles. The van der Waals surface area contributed by atoms with E-state index >= 15 is 0 Å². The maximum Gasteiger partial charge on any atom is 0.0431 e. The topological polar surface area (TPSA) is 32.3 Å². The molecule has 0 aromatic carbocycles. The Labute approximate surface area is 127 Å². The zero-order chi connectivity index (χ0) is 15.1. The third kappa shape index (κ3) is 11.7. The van der Waals surface area contributed by atoms with Gasteiger partial charge in [-0.25, -0.2) is 0 Å². The van der Waals surface area contributed by atoms with E-state index in [1.165, 1.54) is 64.2 Å². The lowest BCUT2D eigenvalue weighted by molar-refractivity contribution is 0.263. The first-order valence-electron chi connectivity index (χ1n) is 9.04. The van der Waals surface area contributed by atoms with Gasteiger partial charge in [0.25, 0.3) is 0 Å². The molecule has 0 radical (unpaired) electrons. The average molecular weight is 286 g/mol. The Kier molecular flexibility index (Phi) is 13.8. The van der Waals surface area contributed by atoms with Crippen LogP contribution < -0.4 is 5.32 Å². The Bertz CT molecular complexity index is 163. The molecule has 0 saturated heterocycles. The lowest BCUT2D eigenvalue weighted by Gasteiger charge is -2.31. The Balaban J connectivity index is 3.98. The second-order valence-corrected chi connectivity index (χ2v) is 6.54. The molecule has 0 aliphatic rings. The van der Waals surface area contributed by atoms with Crippen molar-refractivity contribution in [1.29, 1.82) is 0 Å². The number of hydrogen-bond acceptors (Lipinski definition) is 2. The van der Waals surface area contributed by atoms with E-state index in [4.69, 9.17) is 5.11 Å². The Morgan fingerprint density at radius 2 is 1.30 bits per heavy atom. The van der Waals surface area contributed by atoms with Crippen molar-refractivity contribution in [2.24, 2.45) is 0 Å². The fourth-order valence-corrected chi connectivity index (χ4v) is 2.81. The van der Waals surface area contributed by atoms with Gasteiger partial charge in [0.2, 0.25) is 0 Å². The quantitative estimate of drug-likeness (QED) is 0.413. The molecule has 0 aromatic heterocycles. The van der Waals surface area contributed by atoms with E-state index in [9.17, 15) is 0 Å². The summed E-state index contributed by atoms with van der Waals surface area (Å²) in [6.07, 6.45) is 15.5. The van der Waals surface area contributed by atoms with Crippen molar-refractivity contribution in [2.45, 2.75) is 103 Å². The van der Waals surface area contributed by atoms with Gasteiger partial charge >= 0.3 is 0 Å². The van der Waals surface area contributed by atoms with Crippen LogP contribution in [-0.2, 0) is 0 Å². The zero-order valence-electron chi connectivity index (χ0n) is 14.3. The van der Waals surface area contributed by atoms with Crippen molar-refractivity contribution in [2.75, 3.05) is 13.2 Å². The third-order valence-corrected chi connectivity index (χ3v) is 4.30. The van der Waals surface area contributed by atoms with Crippen LogP contribution >= 0.6 is 0 Å². The van der Waals surface area contributed by atoms with Crippen LogP contribution in [0.1, 0.15) is 97.8 Å². The normalized spacial score (nSPS) is 12.0. The minimum absolute atomic E-state index is 0.316. The second kappa shape index (κ2) is 13.9. The third-order valence-electron chi connectivity index (χ3n) is 4.30. The summed E-state index contributed by atoms with van der Waals surface area (Å²) in [5, 5.41) is 12.6. The highest BCUT2D eigenvalue weighted by atomic mass is 16.2. The molecule has 0 amide bonds. The molecule has 0 saturated carbocycles. The molecule has 0 aromatic rings. The van der Waals surface area contributed by atoms with Crippen LogP contribution in [0.2, 0.25) is 0 Å². The van der Waals surface area contributed by atoms with Crippen LogP contribution in [0, 0.1) is 0 Å². The van der Waals surface area contributed by atoms with Gasteiger partial charge in [0, 0.05) is 12.1 Å². The number of nitrogens with one attached hydrogen (secondary N) is 1. The van der Waals surface area contributed by atoms with E-state index in [1.54, 1.807) is 0 Å². The minimum Gasteiger partial charge on any atom is -0.396 e. The van der Waals surface area contributed by atoms with Gasteiger partial charge in [-0.15, -0.1) is 0 Å². The summed E-state index contributed by atoms with van der Waals surface area (Å²) < 4.78 is 0. The first-order valence-corrected chi connectivity index (χ1v) is 9.04. The van der Waals surface area contributed by atoms with Crippen LogP contribution in [0.4, 0.5) is 0 Å². The monoisotopic (exact) mass is 285 g/mol. The molecule has 0 atom stereocenters. The number of rotatable bonds is 15. The molecule has 2 nitrogen and oxygen atoms in total. The molecule has 0 spiro atoms. The van der Waals surface area contributed by atoms with Gasteiger partial charge in [0.15, 0.2) is 0 Å². The van der Waals surface area contributed by atoms with Crippen molar-refractivity contribution >= 4 is 0 Å². The molecule has 0 rings (SSSR count). The van der Waals surface area contributed by atoms with Crippen LogP contribution in [0.3, 0.4) is 0 Å². The van der Waals surface area contributed by atoms with E-state index in [1.807, 2.05) is 0 Å². The zero-order valence-corrected chi connectivity index (χ0v) is 14.3. The number of aliphatic hydroxyl groups is 1. The maximum absolute atomic E-state index is 8.87. The van der Waals surface area contributed by atoms with E-state index < -0.39 is 0 Å². The van der Waals surface area contributed by atoms with Crippen molar-refractivity contribution in [3.05, 3.63) is 0 Å². The number of hydrogen-bond donors (Lipinski definition) is 2. The van der Waals surface area contributed by atoms with Gasteiger partial charge in [0.05, 0.1) is 0 Å². The summed E-state index contributed by atoms with van der Waals surface area (Å²) in [5.74, 6) is 0. The lowest BCUT2D eigenvalue weighted by Crippen LogP contribution is -2.42. The standard InChI is InChI=1S/C18H39NO/c1-4-6-8-10-14-18(3,15-11-9-7-5-2)19-16-12-13-17-20/h19-20H,4-17H2,1-3H3. The van der Waals surface area contributed by atoms with Gasteiger partial charge in [-0.3, -0.25) is 0 Å². The van der Waals surface area contributed by atoms with E-state index in [-0.39, 0.29) is 0 Å². The molecule has 0 fully saturated rings. The summed E-state index contributed by atoms with van der Waals surface area (Å²) in [5.41, 5.74) is 0.316. The fourth-order valence-electron chi connectivity index (χ4n) is 2.81. The highest BCUT2D eigenvalue weighted by Crippen LogP contribution is 2.22. The van der Waals surface area contributed by atoms with Gasteiger partial charge in [-0.1, -0.05) is 65.2 Å². The summed E-state index contributed by atoms with van der Waals surface area (Å²) in [6, 6.07) is 0. The van der Waals surface area contributed by atoms with Crippen LogP contribution in [0.25, 0.3) is 0 Å². The SMILES string of the molecule is CCCCCCC(C)(CCCCCC)NCCCCO. The second-order valence-electron chi connectivity index (χ2n) is 6.54. The van der Waals surface area contributed by atoms with Crippen molar-refractivity contribution in [1.82, 2.24) is 5.32 Å². The first kappa shape index (κ1) is 19.9. The van der Waals surface area contributed by atoms with Crippen LogP contribution in [-0.4, -0.2) is 23.8 Å². The smallest absolute Gasteiger partial charge is 0.0431 e. The Morgan fingerprint density at radius 3 is 1.75 bits per heavy atom. The Morgan fingerprint density at radius 1 is 0.750 bits per heavy atom. The molecular weight excluding hydrogens is 246 g/mol.